The van der Waals surface area contributed by atoms with Crippen molar-refractivity contribution in [2.24, 2.45) is 5.41 Å². The molecule has 1 aromatic rings. The molecule has 0 radical (unpaired) electrons. The smallest absolute Gasteiger partial charge is 0.241 e. The van der Waals surface area contributed by atoms with Crippen LogP contribution in [0.5, 0.6) is 0 Å². The van der Waals surface area contributed by atoms with Crippen molar-refractivity contribution in [3.8, 4) is 0 Å². The van der Waals surface area contributed by atoms with E-state index in [0.29, 0.717) is 6.54 Å². The fraction of sp³-hybridized carbons (Fsp3) is 0.688. The number of hydrogen-bond acceptors (Lipinski definition) is 5. The first-order valence-electron chi connectivity index (χ1n) is 8.30. The quantitative estimate of drug-likeness (QED) is 0.786. The normalized spacial score (nSPS) is 23.8. The summed E-state index contributed by atoms with van der Waals surface area (Å²) in [5.74, 6) is -0.132. The number of piperidine rings is 1. The van der Waals surface area contributed by atoms with Gasteiger partial charge in [-0.1, -0.05) is 0 Å². The second-order valence-electron chi connectivity index (χ2n) is 7.04. The number of nitrogens with one attached hydrogen (secondary N) is 2. The molecule has 0 aromatic carbocycles. The van der Waals surface area contributed by atoms with Crippen molar-refractivity contribution < 1.29 is 13.2 Å². The van der Waals surface area contributed by atoms with Gasteiger partial charge >= 0.3 is 0 Å². The molecule has 2 aliphatic rings. The highest BCUT2D eigenvalue weighted by Crippen LogP contribution is 2.56. The minimum Gasteiger partial charge on any atom is -0.333 e. The van der Waals surface area contributed by atoms with Gasteiger partial charge in [-0.25, -0.2) is 13.1 Å². The van der Waals surface area contributed by atoms with E-state index in [1.165, 1.54) is 0 Å². The number of nitrogens with zero attached hydrogens (tertiary/aromatic N) is 1. The second kappa shape index (κ2) is 6.74. The lowest BCUT2D eigenvalue weighted by atomic mass is 9.93. The molecule has 1 aliphatic heterocycles. The van der Waals surface area contributed by atoms with Gasteiger partial charge in [0.15, 0.2) is 0 Å². The van der Waals surface area contributed by atoms with Crippen LogP contribution in [0.3, 0.4) is 0 Å². The Morgan fingerprint density at radius 3 is 2.79 bits per heavy atom. The van der Waals surface area contributed by atoms with Crippen molar-refractivity contribution in [2.45, 2.75) is 44.8 Å². The highest BCUT2D eigenvalue weighted by atomic mass is 32.2. The van der Waals surface area contributed by atoms with Crippen LogP contribution in [-0.2, 0) is 21.4 Å². The first-order chi connectivity index (χ1) is 11.3. The summed E-state index contributed by atoms with van der Waals surface area (Å²) in [5, 5.41) is 7.43. The first-order valence-corrected chi connectivity index (χ1v) is 11.1. The lowest BCUT2D eigenvalue weighted by molar-refractivity contribution is -0.134. The Hall–Kier alpha value is -0.960. The molecule has 134 valence electrons. The molecule has 1 saturated carbocycles. The highest BCUT2D eigenvalue weighted by Gasteiger charge is 2.58. The molecule has 2 N–H and O–H groups in total. The van der Waals surface area contributed by atoms with Crippen molar-refractivity contribution in [2.75, 3.05) is 19.3 Å². The third kappa shape index (κ3) is 3.99. The van der Waals surface area contributed by atoms with Gasteiger partial charge in [-0.05, 0) is 67.1 Å². The third-order valence-corrected chi connectivity index (χ3v) is 6.61. The van der Waals surface area contributed by atoms with Gasteiger partial charge in [0.1, 0.15) is 0 Å². The van der Waals surface area contributed by atoms with Crippen molar-refractivity contribution >= 4 is 27.3 Å². The van der Waals surface area contributed by atoms with Crippen LogP contribution in [0.2, 0.25) is 0 Å². The van der Waals surface area contributed by atoms with Crippen LogP contribution in [0.1, 0.15) is 31.7 Å². The average molecular weight is 372 g/mol. The molecular formula is C16H25N3O3S2. The minimum absolute atomic E-state index is 0.132. The number of carbonyl (C=O) groups is 1. The Morgan fingerprint density at radius 2 is 2.21 bits per heavy atom. The monoisotopic (exact) mass is 371 g/mol. The van der Waals surface area contributed by atoms with E-state index in [2.05, 4.69) is 10.0 Å². The summed E-state index contributed by atoms with van der Waals surface area (Å²) in [6.07, 6.45) is 4.28. The van der Waals surface area contributed by atoms with Gasteiger partial charge in [0.2, 0.25) is 15.9 Å². The maximum atomic E-state index is 12.9. The molecular weight excluding hydrogens is 346 g/mol. The van der Waals surface area contributed by atoms with Crippen LogP contribution in [0.25, 0.3) is 0 Å². The molecule has 1 saturated heterocycles. The number of amides is 1. The Morgan fingerprint density at radius 1 is 1.50 bits per heavy atom. The number of carbonyl (C=O) groups excluding carboxylic acids is 1. The maximum Gasteiger partial charge on any atom is 0.241 e. The van der Waals surface area contributed by atoms with Crippen LogP contribution in [0.4, 0.5) is 0 Å². The SMILES string of the molecule is CC(NS(C)(=O)=O)C(=O)N(Cc1ccsc1)C1CC12CCNCC2. The van der Waals surface area contributed by atoms with E-state index < -0.39 is 16.1 Å². The predicted molar refractivity (Wildman–Crippen MR) is 95.3 cm³/mol. The van der Waals surface area contributed by atoms with Crippen LogP contribution >= 0.6 is 11.3 Å². The molecule has 8 heteroatoms. The molecule has 2 heterocycles. The standard InChI is InChI=1S/C16H25N3O3S2/c1-12(18-24(2,21)22)15(20)19(10-13-3-8-23-11-13)14-9-16(14)4-6-17-7-5-16/h3,8,11-12,14,17-18H,4-7,9-10H2,1-2H3. The molecule has 2 atom stereocenters. The predicted octanol–water partition coefficient (Wildman–Crippen LogP) is 1.16. The Bertz CT molecular complexity index is 681. The largest absolute Gasteiger partial charge is 0.333 e. The summed E-state index contributed by atoms with van der Waals surface area (Å²) in [4.78, 5) is 14.8. The Kier molecular flexibility index (Phi) is 5.01. The molecule has 6 nitrogen and oxygen atoms in total. The minimum atomic E-state index is -3.41. The van der Waals surface area contributed by atoms with Crippen molar-refractivity contribution in [1.29, 1.82) is 0 Å². The van der Waals surface area contributed by atoms with Crippen molar-refractivity contribution in [3.63, 3.8) is 0 Å². The lowest BCUT2D eigenvalue weighted by Crippen LogP contribution is -2.48. The van der Waals surface area contributed by atoms with E-state index in [4.69, 9.17) is 0 Å². The van der Waals surface area contributed by atoms with Gasteiger partial charge in [0, 0.05) is 12.6 Å². The lowest BCUT2D eigenvalue weighted by Gasteiger charge is -2.31. The van der Waals surface area contributed by atoms with Gasteiger partial charge in [-0.15, -0.1) is 0 Å². The maximum absolute atomic E-state index is 12.9. The summed E-state index contributed by atoms with van der Waals surface area (Å²) in [6.45, 7) is 4.17. The molecule has 3 rings (SSSR count). The number of sulfonamides is 1. The van der Waals surface area contributed by atoms with Gasteiger partial charge in [0.05, 0.1) is 12.3 Å². The van der Waals surface area contributed by atoms with Crippen molar-refractivity contribution in [1.82, 2.24) is 14.9 Å². The summed E-state index contributed by atoms with van der Waals surface area (Å²) in [5.41, 5.74) is 1.33. The first kappa shape index (κ1) is 17.8. The molecule has 1 aromatic heterocycles. The Balaban J connectivity index is 1.76. The number of thiophene rings is 1. The van der Waals surface area contributed by atoms with Gasteiger partial charge < -0.3 is 10.2 Å². The molecule has 2 fully saturated rings. The summed E-state index contributed by atoms with van der Waals surface area (Å²) < 4.78 is 25.4. The molecule has 1 spiro atoms. The zero-order valence-electron chi connectivity index (χ0n) is 14.1. The zero-order chi connectivity index (χ0) is 17.4. The highest BCUT2D eigenvalue weighted by molar-refractivity contribution is 7.88. The number of rotatable bonds is 6. The third-order valence-electron chi connectivity index (χ3n) is 5.10. The molecule has 1 aliphatic carbocycles. The van der Waals surface area contributed by atoms with Gasteiger partial charge in [-0.2, -0.15) is 11.3 Å². The topological polar surface area (TPSA) is 78.5 Å². The van der Waals surface area contributed by atoms with Crippen LogP contribution < -0.4 is 10.0 Å². The molecule has 1 amide bonds. The fourth-order valence-corrected chi connectivity index (χ4v) is 5.17. The van der Waals surface area contributed by atoms with E-state index in [1.54, 1.807) is 18.3 Å². The van der Waals surface area contributed by atoms with Crippen LogP contribution in [-0.4, -0.2) is 50.7 Å². The fourth-order valence-electron chi connectivity index (χ4n) is 3.77. The number of hydrogen-bond donors (Lipinski definition) is 2. The van der Waals surface area contributed by atoms with E-state index in [1.807, 2.05) is 21.7 Å². The summed E-state index contributed by atoms with van der Waals surface area (Å²) in [7, 11) is -3.41. The van der Waals surface area contributed by atoms with Gasteiger partial charge in [0.25, 0.3) is 0 Å². The van der Waals surface area contributed by atoms with Gasteiger partial charge in [-0.3, -0.25) is 4.79 Å². The van der Waals surface area contributed by atoms with Crippen LogP contribution in [0, 0.1) is 5.41 Å². The van der Waals surface area contributed by atoms with E-state index >= 15 is 0 Å². The molecule has 24 heavy (non-hydrogen) atoms. The second-order valence-corrected chi connectivity index (χ2v) is 9.60. The molecule has 2 unspecified atom stereocenters. The summed E-state index contributed by atoms with van der Waals surface area (Å²) >= 11 is 1.61. The average Bonchev–Trinajstić information content (AvgIpc) is 2.96. The zero-order valence-corrected chi connectivity index (χ0v) is 15.8. The van der Waals surface area contributed by atoms with E-state index in [-0.39, 0.29) is 17.4 Å². The summed E-state index contributed by atoms with van der Waals surface area (Å²) in [6, 6.07) is 1.51. The van der Waals surface area contributed by atoms with E-state index in [0.717, 1.165) is 44.2 Å². The van der Waals surface area contributed by atoms with Crippen molar-refractivity contribution in [3.05, 3.63) is 22.4 Å². The van der Waals surface area contributed by atoms with Crippen LogP contribution in [0.15, 0.2) is 16.8 Å². The van der Waals surface area contributed by atoms with E-state index in [9.17, 15) is 13.2 Å². The Labute approximate surface area is 147 Å². The molecule has 0 bridgehead atoms.